The van der Waals surface area contributed by atoms with Gasteiger partial charge in [0, 0.05) is 31.0 Å². The summed E-state index contributed by atoms with van der Waals surface area (Å²) in [6, 6.07) is 17.7. The van der Waals surface area contributed by atoms with E-state index in [1.807, 2.05) is 30.3 Å². The van der Waals surface area contributed by atoms with Crippen molar-refractivity contribution in [3.63, 3.8) is 0 Å². The van der Waals surface area contributed by atoms with Crippen molar-refractivity contribution < 1.29 is 9.13 Å². The number of methoxy groups -OCH3 is 1. The average molecular weight is 338 g/mol. The third-order valence-corrected chi connectivity index (χ3v) is 3.47. The van der Waals surface area contributed by atoms with E-state index in [0.717, 1.165) is 5.56 Å². The second-order valence-corrected chi connectivity index (χ2v) is 5.38. The summed E-state index contributed by atoms with van der Waals surface area (Å²) in [5.41, 5.74) is 1.53. The molecular weight excluding hydrogens is 319 g/mol. The number of rotatable bonds is 7. The van der Waals surface area contributed by atoms with Gasteiger partial charge in [-0.1, -0.05) is 36.4 Å². The van der Waals surface area contributed by atoms with Gasteiger partial charge in [-0.3, -0.25) is 0 Å². The zero-order valence-corrected chi connectivity index (χ0v) is 13.9. The van der Waals surface area contributed by atoms with Crippen LogP contribution in [-0.4, -0.2) is 30.2 Å². The van der Waals surface area contributed by atoms with Gasteiger partial charge in [0.2, 0.25) is 0 Å². The van der Waals surface area contributed by atoms with E-state index in [1.165, 1.54) is 12.1 Å². The summed E-state index contributed by atoms with van der Waals surface area (Å²) >= 11 is 0. The van der Waals surface area contributed by atoms with Crippen LogP contribution in [0.15, 0.2) is 60.7 Å². The van der Waals surface area contributed by atoms with Crippen molar-refractivity contribution in [2.24, 2.45) is 0 Å². The molecule has 6 heteroatoms. The minimum absolute atomic E-state index is 0.305. The van der Waals surface area contributed by atoms with Crippen molar-refractivity contribution in [1.82, 2.24) is 9.97 Å². The van der Waals surface area contributed by atoms with Crippen LogP contribution >= 0.6 is 0 Å². The second-order valence-electron chi connectivity index (χ2n) is 5.38. The number of aromatic nitrogens is 2. The molecule has 0 fully saturated rings. The van der Waals surface area contributed by atoms with Crippen LogP contribution < -0.4 is 10.6 Å². The first-order valence-electron chi connectivity index (χ1n) is 7.94. The van der Waals surface area contributed by atoms with Crippen molar-refractivity contribution in [3.8, 4) is 11.4 Å². The van der Waals surface area contributed by atoms with E-state index in [1.54, 1.807) is 25.3 Å². The molecule has 1 heterocycles. The fourth-order valence-corrected chi connectivity index (χ4v) is 2.31. The molecule has 0 amide bonds. The van der Waals surface area contributed by atoms with E-state index in [9.17, 15) is 4.39 Å². The summed E-state index contributed by atoms with van der Waals surface area (Å²) in [4.78, 5) is 9.08. The Morgan fingerprint density at radius 3 is 2.52 bits per heavy atom. The van der Waals surface area contributed by atoms with Gasteiger partial charge >= 0.3 is 0 Å². The van der Waals surface area contributed by atoms with Gasteiger partial charge in [0.05, 0.1) is 6.61 Å². The lowest BCUT2D eigenvalue weighted by molar-refractivity contribution is 0.210. The predicted molar refractivity (Wildman–Crippen MR) is 97.5 cm³/mol. The number of ether oxygens (including phenoxy) is 1. The van der Waals surface area contributed by atoms with Gasteiger partial charge in [-0.15, -0.1) is 0 Å². The van der Waals surface area contributed by atoms with E-state index in [0.29, 0.717) is 36.3 Å². The van der Waals surface area contributed by atoms with Gasteiger partial charge in [0.1, 0.15) is 17.5 Å². The molecule has 0 saturated carbocycles. The van der Waals surface area contributed by atoms with E-state index in [2.05, 4.69) is 20.6 Å². The first-order chi connectivity index (χ1) is 12.2. The van der Waals surface area contributed by atoms with Crippen LogP contribution in [-0.2, 0) is 4.74 Å². The third kappa shape index (κ3) is 4.74. The maximum Gasteiger partial charge on any atom is 0.163 e. The van der Waals surface area contributed by atoms with Gasteiger partial charge in [0.25, 0.3) is 0 Å². The molecule has 0 atom stereocenters. The van der Waals surface area contributed by atoms with Crippen molar-refractivity contribution in [2.45, 2.75) is 0 Å². The number of hydrogen-bond donors (Lipinski definition) is 2. The standard InChI is InChI=1S/C19H19FN4O/c1-25-11-10-21-17-13-18(22-16-9-5-8-15(20)12-16)24-19(23-17)14-6-3-2-4-7-14/h2-9,12-13H,10-11H2,1H3,(H2,21,22,23,24). The largest absolute Gasteiger partial charge is 0.383 e. The normalized spacial score (nSPS) is 10.5. The highest BCUT2D eigenvalue weighted by Crippen LogP contribution is 2.23. The first-order valence-corrected chi connectivity index (χ1v) is 7.94. The van der Waals surface area contributed by atoms with Crippen LogP contribution in [0.3, 0.4) is 0 Å². The number of hydrogen-bond acceptors (Lipinski definition) is 5. The van der Waals surface area contributed by atoms with Crippen molar-refractivity contribution in [2.75, 3.05) is 30.9 Å². The molecule has 0 radical (unpaired) electrons. The lowest BCUT2D eigenvalue weighted by Gasteiger charge is -2.11. The third-order valence-electron chi connectivity index (χ3n) is 3.47. The molecular formula is C19H19FN4O. The van der Waals surface area contributed by atoms with Gasteiger partial charge in [-0.05, 0) is 18.2 Å². The molecule has 0 bridgehead atoms. The van der Waals surface area contributed by atoms with Crippen LogP contribution in [0.5, 0.6) is 0 Å². The van der Waals surface area contributed by atoms with Gasteiger partial charge in [-0.2, -0.15) is 0 Å². The van der Waals surface area contributed by atoms with Crippen LogP contribution in [0.25, 0.3) is 11.4 Å². The summed E-state index contributed by atoms with van der Waals surface area (Å²) in [6.45, 7) is 1.19. The molecule has 2 N–H and O–H groups in total. The van der Waals surface area contributed by atoms with Crippen LogP contribution in [0.1, 0.15) is 0 Å². The summed E-state index contributed by atoms with van der Waals surface area (Å²) in [7, 11) is 1.65. The number of halogens is 1. The van der Waals surface area contributed by atoms with E-state index >= 15 is 0 Å². The maximum atomic E-state index is 13.4. The smallest absolute Gasteiger partial charge is 0.163 e. The fraction of sp³-hybridized carbons (Fsp3) is 0.158. The number of benzene rings is 2. The Labute approximate surface area is 145 Å². The maximum absolute atomic E-state index is 13.4. The summed E-state index contributed by atoms with van der Waals surface area (Å²) in [5, 5.41) is 6.33. The highest BCUT2D eigenvalue weighted by molar-refractivity contribution is 5.65. The molecule has 0 aliphatic heterocycles. The van der Waals surface area contributed by atoms with Crippen LogP contribution in [0.4, 0.5) is 21.7 Å². The molecule has 5 nitrogen and oxygen atoms in total. The van der Waals surface area contributed by atoms with Crippen molar-refractivity contribution in [1.29, 1.82) is 0 Å². The number of anilines is 3. The van der Waals surface area contributed by atoms with Crippen LogP contribution in [0, 0.1) is 5.82 Å². The number of nitrogens with zero attached hydrogens (tertiary/aromatic N) is 2. The van der Waals surface area contributed by atoms with Crippen molar-refractivity contribution in [3.05, 3.63) is 66.5 Å². The minimum atomic E-state index is -0.305. The van der Waals surface area contributed by atoms with Gasteiger partial charge < -0.3 is 15.4 Å². The Morgan fingerprint density at radius 2 is 1.76 bits per heavy atom. The molecule has 3 aromatic rings. The highest BCUT2D eigenvalue weighted by Gasteiger charge is 2.07. The lowest BCUT2D eigenvalue weighted by Crippen LogP contribution is -2.10. The Kier molecular flexibility index (Phi) is 5.53. The van der Waals surface area contributed by atoms with E-state index in [4.69, 9.17) is 4.74 Å². The summed E-state index contributed by atoms with van der Waals surface area (Å²) in [5.74, 6) is 1.53. The lowest BCUT2D eigenvalue weighted by atomic mass is 10.2. The molecule has 0 saturated heterocycles. The Morgan fingerprint density at radius 1 is 0.960 bits per heavy atom. The van der Waals surface area contributed by atoms with Crippen LogP contribution in [0.2, 0.25) is 0 Å². The molecule has 3 rings (SSSR count). The van der Waals surface area contributed by atoms with E-state index < -0.39 is 0 Å². The van der Waals surface area contributed by atoms with Gasteiger partial charge in [0.15, 0.2) is 5.82 Å². The van der Waals surface area contributed by atoms with Gasteiger partial charge in [-0.25, -0.2) is 14.4 Å². The highest BCUT2D eigenvalue weighted by atomic mass is 19.1. The minimum Gasteiger partial charge on any atom is -0.383 e. The molecule has 0 unspecified atom stereocenters. The Balaban J connectivity index is 1.91. The first kappa shape index (κ1) is 16.9. The fourth-order valence-electron chi connectivity index (χ4n) is 2.31. The topological polar surface area (TPSA) is 59.1 Å². The zero-order valence-electron chi connectivity index (χ0n) is 13.9. The second kappa shape index (κ2) is 8.21. The molecule has 1 aromatic heterocycles. The molecule has 128 valence electrons. The SMILES string of the molecule is COCCNc1cc(Nc2cccc(F)c2)nc(-c2ccccc2)n1. The predicted octanol–water partition coefficient (Wildman–Crippen LogP) is 4.08. The average Bonchev–Trinajstić information content (AvgIpc) is 2.63. The molecule has 25 heavy (non-hydrogen) atoms. The van der Waals surface area contributed by atoms with E-state index in [-0.39, 0.29) is 5.82 Å². The van der Waals surface area contributed by atoms with Crippen molar-refractivity contribution >= 4 is 17.3 Å². The molecule has 2 aromatic carbocycles. The Hall–Kier alpha value is -2.99. The molecule has 0 aliphatic carbocycles. The number of nitrogens with one attached hydrogen (secondary N) is 2. The Bertz CT molecular complexity index is 827. The zero-order chi connectivity index (χ0) is 17.5. The summed E-state index contributed by atoms with van der Waals surface area (Å²) < 4.78 is 18.5. The molecule has 0 aliphatic rings. The molecule has 0 spiro atoms. The quantitative estimate of drug-likeness (QED) is 0.636. The monoisotopic (exact) mass is 338 g/mol. The summed E-state index contributed by atoms with van der Waals surface area (Å²) in [6.07, 6.45) is 0.